The summed E-state index contributed by atoms with van der Waals surface area (Å²) in [6.45, 7) is 1.16. The maximum absolute atomic E-state index is 12.3. The number of hydrogen-bond acceptors (Lipinski definition) is 8. The molecule has 0 atom stereocenters. The quantitative estimate of drug-likeness (QED) is 0.493. The number of carbonyl (C=O) groups is 2. The molecule has 0 spiro atoms. The van der Waals surface area contributed by atoms with E-state index in [1.54, 1.807) is 19.1 Å². The lowest BCUT2D eigenvalue weighted by molar-refractivity contribution is -0.151. The fourth-order valence-corrected chi connectivity index (χ4v) is 3.11. The molecule has 2 aromatic rings. The van der Waals surface area contributed by atoms with Crippen LogP contribution in [0.25, 0.3) is 0 Å². The smallest absolute Gasteiger partial charge is 0.343 e. The monoisotopic (exact) mass is 416 g/mol. The molecule has 27 heavy (non-hydrogen) atoms. The molecule has 0 unspecified atom stereocenters. The van der Waals surface area contributed by atoms with Crippen molar-refractivity contribution in [3.05, 3.63) is 46.9 Å². The Kier molecular flexibility index (Phi) is 6.83. The SMILES string of the molecule is CCC(=O)OCOC(=O)c1cc(S(N)(=O)=O)c(Cl)cc1NCc1ccco1. The van der Waals surface area contributed by atoms with Gasteiger partial charge in [0.25, 0.3) is 0 Å². The van der Waals surface area contributed by atoms with Crippen molar-refractivity contribution in [3.63, 3.8) is 0 Å². The summed E-state index contributed by atoms with van der Waals surface area (Å²) in [4.78, 5) is 23.0. The molecule has 0 fully saturated rings. The summed E-state index contributed by atoms with van der Waals surface area (Å²) < 4.78 is 38.0. The van der Waals surface area contributed by atoms with E-state index in [-0.39, 0.29) is 29.2 Å². The Balaban J connectivity index is 2.29. The largest absolute Gasteiger partial charge is 0.467 e. The minimum absolute atomic E-state index is 0.115. The number of halogens is 1. The van der Waals surface area contributed by atoms with Crippen LogP contribution in [0.3, 0.4) is 0 Å². The van der Waals surface area contributed by atoms with Crippen LogP contribution in [-0.2, 0) is 30.8 Å². The maximum atomic E-state index is 12.3. The lowest BCUT2D eigenvalue weighted by Gasteiger charge is -2.14. The second-order valence-corrected chi connectivity index (χ2v) is 7.16. The molecule has 11 heteroatoms. The van der Waals surface area contributed by atoms with Crippen LogP contribution in [-0.4, -0.2) is 27.1 Å². The van der Waals surface area contributed by atoms with E-state index in [0.717, 1.165) is 6.07 Å². The average molecular weight is 417 g/mol. The van der Waals surface area contributed by atoms with Gasteiger partial charge in [-0.25, -0.2) is 18.4 Å². The predicted molar refractivity (Wildman–Crippen MR) is 95.5 cm³/mol. The molecular weight excluding hydrogens is 400 g/mol. The van der Waals surface area contributed by atoms with Crippen LogP contribution in [0.15, 0.2) is 39.8 Å². The highest BCUT2D eigenvalue weighted by Gasteiger charge is 2.22. The third kappa shape index (κ3) is 5.71. The molecule has 0 amide bonds. The number of esters is 2. The number of nitrogens with one attached hydrogen (secondary N) is 1. The number of nitrogens with two attached hydrogens (primary N) is 1. The second kappa shape index (κ2) is 8.89. The van der Waals surface area contributed by atoms with Gasteiger partial charge in [-0.15, -0.1) is 0 Å². The Bertz CT molecular complexity index is 926. The summed E-state index contributed by atoms with van der Waals surface area (Å²) in [6.07, 6.45) is 1.59. The van der Waals surface area contributed by atoms with Crippen LogP contribution in [0.4, 0.5) is 5.69 Å². The zero-order chi connectivity index (χ0) is 20.0. The van der Waals surface area contributed by atoms with Gasteiger partial charge >= 0.3 is 11.9 Å². The number of benzene rings is 1. The summed E-state index contributed by atoms with van der Waals surface area (Å²) in [5.74, 6) is -0.916. The van der Waals surface area contributed by atoms with E-state index in [9.17, 15) is 18.0 Å². The fourth-order valence-electron chi connectivity index (χ4n) is 2.01. The maximum Gasteiger partial charge on any atom is 0.343 e. The molecule has 0 aliphatic carbocycles. The van der Waals surface area contributed by atoms with E-state index in [4.69, 9.17) is 25.9 Å². The van der Waals surface area contributed by atoms with E-state index in [0.29, 0.717) is 5.76 Å². The van der Waals surface area contributed by atoms with Gasteiger partial charge in [0.1, 0.15) is 10.7 Å². The number of rotatable bonds is 8. The third-order valence-electron chi connectivity index (χ3n) is 3.33. The number of carbonyl (C=O) groups excluding carboxylic acids is 2. The van der Waals surface area contributed by atoms with Gasteiger partial charge in [0.15, 0.2) is 0 Å². The predicted octanol–water partition coefficient (Wildman–Crippen LogP) is 2.26. The highest BCUT2D eigenvalue weighted by atomic mass is 35.5. The van der Waals surface area contributed by atoms with Gasteiger partial charge in [-0.1, -0.05) is 18.5 Å². The Morgan fingerprint density at radius 1 is 1.30 bits per heavy atom. The van der Waals surface area contributed by atoms with Crippen molar-refractivity contribution >= 4 is 39.3 Å². The summed E-state index contributed by atoms with van der Waals surface area (Å²) >= 11 is 5.97. The molecule has 0 bridgehead atoms. The summed E-state index contributed by atoms with van der Waals surface area (Å²) in [6, 6.07) is 5.62. The molecule has 1 aromatic heterocycles. The molecule has 146 valence electrons. The molecule has 3 N–H and O–H groups in total. The topological polar surface area (TPSA) is 138 Å². The summed E-state index contributed by atoms with van der Waals surface area (Å²) in [5, 5.41) is 7.85. The highest BCUT2D eigenvalue weighted by Crippen LogP contribution is 2.29. The van der Waals surface area contributed by atoms with Crippen molar-refractivity contribution in [1.29, 1.82) is 0 Å². The van der Waals surface area contributed by atoms with Crippen molar-refractivity contribution in [1.82, 2.24) is 0 Å². The molecule has 0 saturated carbocycles. The first-order valence-corrected chi connectivity index (χ1v) is 9.60. The number of anilines is 1. The van der Waals surface area contributed by atoms with E-state index < -0.39 is 33.7 Å². The van der Waals surface area contributed by atoms with Crippen LogP contribution in [0.5, 0.6) is 0 Å². The number of sulfonamides is 1. The van der Waals surface area contributed by atoms with Crippen molar-refractivity contribution in [2.75, 3.05) is 12.1 Å². The molecule has 0 aliphatic rings. The average Bonchev–Trinajstić information content (AvgIpc) is 3.12. The Labute approximate surface area is 160 Å². The van der Waals surface area contributed by atoms with Gasteiger partial charge in [0, 0.05) is 6.42 Å². The van der Waals surface area contributed by atoms with Gasteiger partial charge in [0.2, 0.25) is 16.8 Å². The first-order valence-electron chi connectivity index (χ1n) is 7.67. The van der Waals surface area contributed by atoms with Crippen molar-refractivity contribution in [2.24, 2.45) is 5.14 Å². The van der Waals surface area contributed by atoms with E-state index in [2.05, 4.69) is 10.1 Å². The zero-order valence-corrected chi connectivity index (χ0v) is 15.8. The van der Waals surface area contributed by atoms with E-state index >= 15 is 0 Å². The minimum atomic E-state index is -4.17. The number of primary sulfonamides is 1. The molecule has 0 aliphatic heterocycles. The Morgan fingerprint density at radius 3 is 2.63 bits per heavy atom. The second-order valence-electron chi connectivity index (χ2n) is 5.23. The van der Waals surface area contributed by atoms with Gasteiger partial charge in [0.05, 0.1) is 29.1 Å². The number of hydrogen-bond donors (Lipinski definition) is 2. The first kappa shape index (κ1) is 20.7. The molecule has 1 aromatic carbocycles. The van der Waals surface area contributed by atoms with Crippen LogP contribution >= 0.6 is 11.6 Å². The Morgan fingerprint density at radius 2 is 2.04 bits per heavy atom. The normalized spacial score (nSPS) is 11.1. The van der Waals surface area contributed by atoms with Crippen LogP contribution < -0.4 is 10.5 Å². The highest BCUT2D eigenvalue weighted by molar-refractivity contribution is 7.89. The van der Waals surface area contributed by atoms with Gasteiger partial charge in [-0.05, 0) is 24.3 Å². The molecule has 1 heterocycles. The molecular formula is C16H17ClN2O7S. The van der Waals surface area contributed by atoms with Crippen LogP contribution in [0.1, 0.15) is 29.5 Å². The third-order valence-corrected chi connectivity index (χ3v) is 4.71. The standard InChI is InChI=1S/C16H17ClN2O7S/c1-2-15(20)25-9-26-16(21)11-6-14(27(18,22)23)12(17)7-13(11)19-8-10-4-3-5-24-10/h3-7,19H,2,8-9H2,1H3,(H2,18,22,23). The van der Waals surface area contributed by atoms with E-state index in [1.165, 1.54) is 12.3 Å². The molecule has 0 radical (unpaired) electrons. The lowest BCUT2D eigenvalue weighted by atomic mass is 10.1. The number of ether oxygens (including phenoxy) is 2. The van der Waals surface area contributed by atoms with Crippen molar-refractivity contribution < 1.29 is 31.9 Å². The van der Waals surface area contributed by atoms with Crippen molar-refractivity contribution in [2.45, 2.75) is 24.8 Å². The first-order chi connectivity index (χ1) is 12.7. The molecule has 9 nitrogen and oxygen atoms in total. The Hall–Kier alpha value is -2.56. The minimum Gasteiger partial charge on any atom is -0.467 e. The van der Waals surface area contributed by atoms with Gasteiger partial charge in [-0.3, -0.25) is 4.79 Å². The van der Waals surface area contributed by atoms with Crippen LogP contribution in [0.2, 0.25) is 5.02 Å². The van der Waals surface area contributed by atoms with Gasteiger partial charge < -0.3 is 19.2 Å². The lowest BCUT2D eigenvalue weighted by Crippen LogP contribution is -2.17. The molecule has 2 rings (SSSR count). The number of furan rings is 1. The van der Waals surface area contributed by atoms with Crippen LogP contribution in [0, 0.1) is 0 Å². The van der Waals surface area contributed by atoms with Gasteiger partial charge in [-0.2, -0.15) is 0 Å². The zero-order valence-electron chi connectivity index (χ0n) is 14.2. The fraction of sp³-hybridized carbons (Fsp3) is 0.250. The molecule has 0 saturated heterocycles. The van der Waals surface area contributed by atoms with Crippen molar-refractivity contribution in [3.8, 4) is 0 Å². The summed E-state index contributed by atoms with van der Waals surface area (Å²) in [7, 11) is -4.17. The summed E-state index contributed by atoms with van der Waals surface area (Å²) in [5.41, 5.74) is 0.0400. The van der Waals surface area contributed by atoms with E-state index in [1.807, 2.05) is 0 Å².